The van der Waals surface area contributed by atoms with Gasteiger partial charge in [-0.15, -0.1) is 0 Å². The van der Waals surface area contributed by atoms with Crippen LogP contribution in [0.2, 0.25) is 0 Å². The maximum atomic E-state index is 11.8. The fourth-order valence-electron chi connectivity index (χ4n) is 2.12. The number of piperidine rings is 1. The minimum Gasteiger partial charge on any atom is -0.481 e. The first-order chi connectivity index (χ1) is 8.82. The van der Waals surface area contributed by atoms with Crippen LogP contribution in [0.4, 0.5) is 4.79 Å². The maximum absolute atomic E-state index is 11.8. The van der Waals surface area contributed by atoms with E-state index in [9.17, 15) is 14.4 Å². The Labute approximate surface area is 112 Å². The molecule has 0 aliphatic carbocycles. The Balaban J connectivity index is 2.43. The van der Waals surface area contributed by atoms with Crippen LogP contribution >= 0.6 is 0 Å². The number of nitrogens with one attached hydrogen (secondary N) is 1. The summed E-state index contributed by atoms with van der Waals surface area (Å²) in [6.45, 7) is 2.59. The Morgan fingerprint density at radius 3 is 2.47 bits per heavy atom. The molecule has 0 aromatic rings. The average molecular weight is 271 g/mol. The van der Waals surface area contributed by atoms with Gasteiger partial charge in [0.05, 0.1) is 12.5 Å². The van der Waals surface area contributed by atoms with Crippen molar-refractivity contribution in [3.63, 3.8) is 0 Å². The number of carboxylic acids is 1. The number of likely N-dealkylation sites (N-methyl/N-ethyl adjacent to an activating group) is 1. The predicted octanol–water partition coefficient (Wildman–Crippen LogP) is -0.173. The van der Waals surface area contributed by atoms with Crippen molar-refractivity contribution in [3.8, 4) is 0 Å². The van der Waals surface area contributed by atoms with Gasteiger partial charge in [-0.05, 0) is 12.3 Å². The van der Waals surface area contributed by atoms with E-state index in [-0.39, 0.29) is 24.4 Å². The second kappa shape index (κ2) is 6.40. The van der Waals surface area contributed by atoms with Gasteiger partial charge in [-0.3, -0.25) is 9.59 Å². The first-order valence-corrected chi connectivity index (χ1v) is 6.28. The zero-order chi connectivity index (χ0) is 14.6. The quantitative estimate of drug-likeness (QED) is 0.745. The molecule has 0 radical (unpaired) electrons. The molecule has 0 aromatic heterocycles. The zero-order valence-corrected chi connectivity index (χ0v) is 11.5. The van der Waals surface area contributed by atoms with Crippen molar-refractivity contribution in [1.82, 2.24) is 15.1 Å². The van der Waals surface area contributed by atoms with E-state index >= 15 is 0 Å². The molecule has 19 heavy (non-hydrogen) atoms. The third-order valence-corrected chi connectivity index (χ3v) is 3.40. The highest BCUT2D eigenvalue weighted by molar-refractivity contribution is 5.83. The standard InChI is InChI=1S/C12H21N3O4/c1-8-7-15(5-4-9(8)11(17)18)12(19)13-6-10(16)14(2)3/h8-9H,4-7H2,1-3H3,(H,13,19)(H,17,18). The second-order valence-electron chi connectivity index (χ2n) is 5.10. The van der Waals surface area contributed by atoms with Crippen LogP contribution in [-0.4, -0.2) is 66.5 Å². The van der Waals surface area contributed by atoms with E-state index in [1.807, 2.05) is 6.92 Å². The summed E-state index contributed by atoms with van der Waals surface area (Å²) in [7, 11) is 3.24. The van der Waals surface area contributed by atoms with Crippen LogP contribution < -0.4 is 5.32 Å². The molecular formula is C12H21N3O4. The first-order valence-electron chi connectivity index (χ1n) is 6.28. The number of hydrogen-bond acceptors (Lipinski definition) is 3. The van der Waals surface area contributed by atoms with Crippen LogP contribution in [0.1, 0.15) is 13.3 Å². The van der Waals surface area contributed by atoms with Gasteiger partial charge in [0.25, 0.3) is 0 Å². The number of hydrogen-bond donors (Lipinski definition) is 2. The minimum absolute atomic E-state index is 0.0426. The van der Waals surface area contributed by atoms with Crippen LogP contribution in [0, 0.1) is 11.8 Å². The maximum Gasteiger partial charge on any atom is 0.317 e. The van der Waals surface area contributed by atoms with E-state index in [0.717, 1.165) is 0 Å². The van der Waals surface area contributed by atoms with Gasteiger partial charge in [-0.25, -0.2) is 4.79 Å². The van der Waals surface area contributed by atoms with Crippen LogP contribution in [0.25, 0.3) is 0 Å². The average Bonchev–Trinajstić information content (AvgIpc) is 2.34. The lowest BCUT2D eigenvalue weighted by atomic mass is 9.87. The molecule has 1 aliphatic heterocycles. The number of carboxylic acid groups (broad SMARTS) is 1. The van der Waals surface area contributed by atoms with Gasteiger partial charge in [-0.1, -0.05) is 6.92 Å². The minimum atomic E-state index is -0.810. The van der Waals surface area contributed by atoms with Crippen LogP contribution in [0.15, 0.2) is 0 Å². The third-order valence-electron chi connectivity index (χ3n) is 3.40. The summed E-state index contributed by atoms with van der Waals surface area (Å²) in [6.07, 6.45) is 0.450. The SMILES string of the molecule is CC1CN(C(=O)NCC(=O)N(C)C)CCC1C(=O)O. The highest BCUT2D eigenvalue weighted by Gasteiger charge is 2.32. The summed E-state index contributed by atoms with van der Waals surface area (Å²) in [5.74, 6) is -1.47. The summed E-state index contributed by atoms with van der Waals surface area (Å²) in [5, 5.41) is 11.5. The lowest BCUT2D eigenvalue weighted by molar-refractivity contribution is -0.145. The third kappa shape index (κ3) is 4.11. The summed E-state index contributed by atoms with van der Waals surface area (Å²) in [6, 6.07) is -0.314. The topological polar surface area (TPSA) is 90.0 Å². The Bertz CT molecular complexity index is 370. The first kappa shape index (κ1) is 15.3. The predicted molar refractivity (Wildman–Crippen MR) is 68.6 cm³/mol. The van der Waals surface area contributed by atoms with Crippen molar-refractivity contribution >= 4 is 17.9 Å². The van der Waals surface area contributed by atoms with Crippen LogP contribution in [0.3, 0.4) is 0 Å². The normalized spacial score (nSPS) is 22.8. The number of urea groups is 1. The zero-order valence-electron chi connectivity index (χ0n) is 11.5. The Kier molecular flexibility index (Phi) is 5.14. The van der Waals surface area contributed by atoms with Crippen molar-refractivity contribution in [2.45, 2.75) is 13.3 Å². The van der Waals surface area contributed by atoms with Crippen molar-refractivity contribution in [2.75, 3.05) is 33.7 Å². The molecular weight excluding hydrogens is 250 g/mol. The van der Waals surface area contributed by atoms with Crippen molar-refractivity contribution in [3.05, 3.63) is 0 Å². The molecule has 1 heterocycles. The highest BCUT2D eigenvalue weighted by atomic mass is 16.4. The molecule has 3 amide bonds. The molecule has 108 valence electrons. The molecule has 7 nitrogen and oxygen atoms in total. The highest BCUT2D eigenvalue weighted by Crippen LogP contribution is 2.23. The van der Waals surface area contributed by atoms with E-state index in [4.69, 9.17) is 5.11 Å². The van der Waals surface area contributed by atoms with Crippen LogP contribution in [-0.2, 0) is 9.59 Å². The number of amides is 3. The van der Waals surface area contributed by atoms with Crippen molar-refractivity contribution in [2.24, 2.45) is 11.8 Å². The number of aliphatic carboxylic acids is 1. The Morgan fingerprint density at radius 2 is 2.00 bits per heavy atom. The molecule has 2 atom stereocenters. The molecule has 0 saturated carbocycles. The fourth-order valence-corrected chi connectivity index (χ4v) is 2.12. The van der Waals surface area contributed by atoms with Crippen LogP contribution in [0.5, 0.6) is 0 Å². The van der Waals surface area contributed by atoms with Gasteiger partial charge in [0.2, 0.25) is 5.91 Å². The number of carbonyl (C=O) groups excluding carboxylic acids is 2. The number of carbonyl (C=O) groups is 3. The Morgan fingerprint density at radius 1 is 1.37 bits per heavy atom. The van der Waals surface area contributed by atoms with Crippen molar-refractivity contribution in [1.29, 1.82) is 0 Å². The summed E-state index contributed by atoms with van der Waals surface area (Å²) in [5.41, 5.74) is 0. The molecule has 0 bridgehead atoms. The largest absolute Gasteiger partial charge is 0.481 e. The Hall–Kier alpha value is -1.79. The van der Waals surface area contributed by atoms with Gasteiger partial charge in [-0.2, -0.15) is 0 Å². The molecule has 7 heteroatoms. The number of rotatable bonds is 3. The second-order valence-corrected chi connectivity index (χ2v) is 5.10. The van der Waals surface area contributed by atoms with E-state index in [2.05, 4.69) is 5.32 Å². The van der Waals surface area contributed by atoms with E-state index < -0.39 is 11.9 Å². The molecule has 1 saturated heterocycles. The smallest absolute Gasteiger partial charge is 0.317 e. The summed E-state index contributed by atoms with van der Waals surface area (Å²) < 4.78 is 0. The number of likely N-dealkylation sites (tertiary alicyclic amines) is 1. The van der Waals surface area contributed by atoms with E-state index in [0.29, 0.717) is 19.5 Å². The molecule has 1 rings (SSSR count). The summed E-state index contributed by atoms with van der Waals surface area (Å²) >= 11 is 0. The van der Waals surface area contributed by atoms with Gasteiger partial charge < -0.3 is 20.2 Å². The molecule has 0 aromatic carbocycles. The lowest BCUT2D eigenvalue weighted by Gasteiger charge is -2.34. The molecule has 0 spiro atoms. The monoisotopic (exact) mass is 271 g/mol. The van der Waals surface area contributed by atoms with Gasteiger partial charge in [0.15, 0.2) is 0 Å². The molecule has 2 unspecified atom stereocenters. The van der Waals surface area contributed by atoms with E-state index in [1.54, 1.807) is 19.0 Å². The van der Waals surface area contributed by atoms with Gasteiger partial charge >= 0.3 is 12.0 Å². The molecule has 1 fully saturated rings. The van der Waals surface area contributed by atoms with Gasteiger partial charge in [0.1, 0.15) is 0 Å². The van der Waals surface area contributed by atoms with Crippen molar-refractivity contribution < 1.29 is 19.5 Å². The molecule has 2 N–H and O–H groups in total. The molecule has 1 aliphatic rings. The lowest BCUT2D eigenvalue weighted by Crippen LogP contribution is -2.50. The van der Waals surface area contributed by atoms with E-state index in [1.165, 1.54) is 4.90 Å². The number of nitrogens with zero attached hydrogens (tertiary/aromatic N) is 2. The fraction of sp³-hybridized carbons (Fsp3) is 0.750. The van der Waals surface area contributed by atoms with Gasteiger partial charge in [0, 0.05) is 27.2 Å². The summed E-state index contributed by atoms with van der Waals surface area (Å²) in [4.78, 5) is 37.1.